The normalized spacial score (nSPS) is 10.6. The van der Waals surface area contributed by atoms with Crippen molar-refractivity contribution >= 4 is 33.0 Å². The maximum Gasteiger partial charge on any atom is 0.172 e. The molecule has 0 unspecified atom stereocenters. The van der Waals surface area contributed by atoms with Crippen LogP contribution in [0.4, 0.5) is 0 Å². The van der Waals surface area contributed by atoms with Crippen LogP contribution in [0.3, 0.4) is 0 Å². The Kier molecular flexibility index (Phi) is 4.36. The van der Waals surface area contributed by atoms with Gasteiger partial charge in [-0.2, -0.15) is 0 Å². The number of benzene rings is 1. The van der Waals surface area contributed by atoms with E-state index in [1.807, 2.05) is 31.2 Å². The Balaban J connectivity index is 2.35. The third kappa shape index (κ3) is 2.73. The van der Waals surface area contributed by atoms with Gasteiger partial charge in [0.15, 0.2) is 5.78 Å². The zero-order chi connectivity index (χ0) is 13.1. The van der Waals surface area contributed by atoms with E-state index in [-0.39, 0.29) is 5.78 Å². The van der Waals surface area contributed by atoms with Crippen LogP contribution in [0.1, 0.15) is 35.0 Å². The minimum atomic E-state index is 0.251. The third-order valence-corrected chi connectivity index (χ3v) is 4.91. The van der Waals surface area contributed by atoms with E-state index >= 15 is 0 Å². The average molecular weight is 323 g/mol. The van der Waals surface area contributed by atoms with Crippen LogP contribution < -0.4 is 0 Å². The molecule has 18 heavy (non-hydrogen) atoms. The van der Waals surface area contributed by atoms with Crippen molar-refractivity contribution in [2.75, 3.05) is 0 Å². The molecular formula is C15H15BrOS. The van der Waals surface area contributed by atoms with E-state index in [1.165, 1.54) is 11.1 Å². The largest absolute Gasteiger partial charge is 0.293 e. The highest BCUT2D eigenvalue weighted by Crippen LogP contribution is 2.33. The maximum atomic E-state index is 11.8. The van der Waals surface area contributed by atoms with Crippen LogP contribution in [0.5, 0.6) is 0 Å². The van der Waals surface area contributed by atoms with Crippen LogP contribution in [0.25, 0.3) is 10.4 Å². The summed E-state index contributed by atoms with van der Waals surface area (Å²) in [6, 6.07) is 10.1. The van der Waals surface area contributed by atoms with Gasteiger partial charge in [0.2, 0.25) is 0 Å². The summed E-state index contributed by atoms with van der Waals surface area (Å²) in [6.45, 7) is 4.12. The summed E-state index contributed by atoms with van der Waals surface area (Å²) in [5.41, 5.74) is 2.42. The molecule has 94 valence electrons. The predicted molar refractivity (Wildman–Crippen MR) is 81.4 cm³/mol. The molecule has 1 nitrogen and oxygen atoms in total. The SMILES string of the molecule is CCCC(=O)c1ccc(-c2cccc(Br)c2C)s1. The average Bonchev–Trinajstić information content (AvgIpc) is 2.82. The molecule has 0 saturated heterocycles. The highest BCUT2D eigenvalue weighted by atomic mass is 79.9. The molecule has 0 atom stereocenters. The lowest BCUT2D eigenvalue weighted by Crippen LogP contribution is -1.93. The van der Waals surface area contributed by atoms with Gasteiger partial charge >= 0.3 is 0 Å². The van der Waals surface area contributed by atoms with E-state index in [2.05, 4.69) is 28.9 Å². The summed E-state index contributed by atoms with van der Waals surface area (Å²) in [5, 5.41) is 0. The molecule has 0 radical (unpaired) electrons. The Labute approximate surface area is 120 Å². The number of halogens is 1. The molecule has 0 aliphatic carbocycles. The van der Waals surface area contributed by atoms with Gasteiger partial charge in [-0.3, -0.25) is 4.79 Å². The number of carbonyl (C=O) groups excluding carboxylic acids is 1. The monoisotopic (exact) mass is 322 g/mol. The lowest BCUT2D eigenvalue weighted by Gasteiger charge is -2.04. The van der Waals surface area contributed by atoms with Crippen molar-refractivity contribution in [1.82, 2.24) is 0 Å². The van der Waals surface area contributed by atoms with E-state index < -0.39 is 0 Å². The molecule has 0 bridgehead atoms. The summed E-state index contributed by atoms with van der Waals surface area (Å²) in [6.07, 6.45) is 1.54. The fraction of sp³-hybridized carbons (Fsp3) is 0.267. The molecule has 0 fully saturated rings. The number of ketones is 1. The molecule has 0 amide bonds. The fourth-order valence-electron chi connectivity index (χ4n) is 1.86. The van der Waals surface area contributed by atoms with E-state index in [0.717, 1.165) is 20.6 Å². The van der Waals surface area contributed by atoms with Crippen LogP contribution in [-0.4, -0.2) is 5.78 Å². The highest BCUT2D eigenvalue weighted by Gasteiger charge is 2.11. The van der Waals surface area contributed by atoms with Crippen LogP contribution in [-0.2, 0) is 0 Å². The van der Waals surface area contributed by atoms with Gasteiger partial charge in [-0.15, -0.1) is 11.3 Å². The maximum absolute atomic E-state index is 11.8. The van der Waals surface area contributed by atoms with Crippen molar-refractivity contribution in [3.8, 4) is 10.4 Å². The molecule has 0 spiro atoms. The van der Waals surface area contributed by atoms with Crippen molar-refractivity contribution in [2.24, 2.45) is 0 Å². The summed E-state index contributed by atoms with van der Waals surface area (Å²) in [5.74, 6) is 0.251. The first-order valence-corrected chi connectivity index (χ1v) is 7.63. The Morgan fingerprint density at radius 3 is 2.78 bits per heavy atom. The standard InChI is InChI=1S/C15H15BrOS/c1-3-5-13(17)15-9-8-14(18-15)11-6-4-7-12(16)10(11)2/h4,6-9H,3,5H2,1-2H3. The second kappa shape index (κ2) is 5.81. The molecule has 2 rings (SSSR count). The number of thiophene rings is 1. The summed E-state index contributed by atoms with van der Waals surface area (Å²) >= 11 is 5.13. The number of rotatable bonds is 4. The van der Waals surface area contributed by atoms with Crippen molar-refractivity contribution in [1.29, 1.82) is 0 Å². The summed E-state index contributed by atoms with van der Waals surface area (Å²) < 4.78 is 1.11. The van der Waals surface area contributed by atoms with E-state index in [1.54, 1.807) is 11.3 Å². The van der Waals surface area contributed by atoms with Crippen LogP contribution >= 0.6 is 27.3 Å². The molecule has 1 aromatic heterocycles. The van der Waals surface area contributed by atoms with Gasteiger partial charge in [0.05, 0.1) is 4.88 Å². The third-order valence-electron chi connectivity index (χ3n) is 2.89. The van der Waals surface area contributed by atoms with E-state index in [0.29, 0.717) is 6.42 Å². The Hall–Kier alpha value is -0.930. The van der Waals surface area contributed by atoms with Gasteiger partial charge in [0.25, 0.3) is 0 Å². The topological polar surface area (TPSA) is 17.1 Å². The minimum absolute atomic E-state index is 0.251. The number of hydrogen-bond acceptors (Lipinski definition) is 2. The fourth-order valence-corrected chi connectivity index (χ4v) is 3.28. The Bertz CT molecular complexity index is 572. The molecule has 0 aliphatic heterocycles. The molecule has 1 heterocycles. The van der Waals surface area contributed by atoms with Crippen molar-refractivity contribution in [2.45, 2.75) is 26.7 Å². The first kappa shape index (κ1) is 13.5. The molecular weight excluding hydrogens is 308 g/mol. The Morgan fingerprint density at radius 1 is 1.28 bits per heavy atom. The number of carbonyl (C=O) groups is 1. The Morgan fingerprint density at radius 2 is 2.06 bits per heavy atom. The quantitative estimate of drug-likeness (QED) is 0.682. The lowest BCUT2D eigenvalue weighted by atomic mass is 10.1. The van der Waals surface area contributed by atoms with Crippen LogP contribution in [0, 0.1) is 6.92 Å². The first-order valence-electron chi connectivity index (χ1n) is 6.02. The highest BCUT2D eigenvalue weighted by molar-refractivity contribution is 9.10. The van der Waals surface area contributed by atoms with Crippen molar-refractivity contribution in [3.05, 3.63) is 45.2 Å². The van der Waals surface area contributed by atoms with Gasteiger partial charge in [0, 0.05) is 15.8 Å². The van der Waals surface area contributed by atoms with Gasteiger partial charge in [-0.25, -0.2) is 0 Å². The molecule has 0 saturated carbocycles. The smallest absolute Gasteiger partial charge is 0.172 e. The summed E-state index contributed by atoms with van der Waals surface area (Å²) in [7, 11) is 0. The van der Waals surface area contributed by atoms with Crippen molar-refractivity contribution < 1.29 is 4.79 Å². The molecule has 2 aromatic rings. The molecule has 3 heteroatoms. The van der Waals surface area contributed by atoms with Crippen LogP contribution in [0.15, 0.2) is 34.8 Å². The minimum Gasteiger partial charge on any atom is -0.293 e. The van der Waals surface area contributed by atoms with E-state index in [9.17, 15) is 4.79 Å². The lowest BCUT2D eigenvalue weighted by molar-refractivity contribution is 0.0985. The first-order chi connectivity index (χ1) is 8.63. The molecule has 0 N–H and O–H groups in total. The van der Waals surface area contributed by atoms with Gasteiger partial charge in [0.1, 0.15) is 0 Å². The van der Waals surface area contributed by atoms with Crippen molar-refractivity contribution in [3.63, 3.8) is 0 Å². The second-order valence-corrected chi connectivity index (χ2v) is 6.19. The second-order valence-electron chi connectivity index (χ2n) is 4.25. The number of hydrogen-bond donors (Lipinski definition) is 0. The molecule has 1 aromatic carbocycles. The van der Waals surface area contributed by atoms with Gasteiger partial charge < -0.3 is 0 Å². The van der Waals surface area contributed by atoms with Gasteiger partial charge in [-0.1, -0.05) is 35.0 Å². The summed E-state index contributed by atoms with van der Waals surface area (Å²) in [4.78, 5) is 13.9. The zero-order valence-electron chi connectivity index (χ0n) is 10.5. The number of Topliss-reactive ketones (excluding diaryl/α,β-unsaturated/α-hetero) is 1. The zero-order valence-corrected chi connectivity index (χ0v) is 12.9. The van der Waals surface area contributed by atoms with Gasteiger partial charge in [-0.05, 0) is 42.7 Å². The predicted octanol–water partition coefficient (Wildman–Crippen LogP) is 5.47. The molecule has 0 aliphatic rings. The van der Waals surface area contributed by atoms with E-state index in [4.69, 9.17) is 0 Å². The van der Waals surface area contributed by atoms with Crippen LogP contribution in [0.2, 0.25) is 0 Å².